The number of aryl methyl sites for hydroxylation is 2. The van der Waals surface area contributed by atoms with Crippen LogP contribution in [0.5, 0.6) is 5.88 Å². The van der Waals surface area contributed by atoms with Crippen LogP contribution in [0.3, 0.4) is 0 Å². The van der Waals surface area contributed by atoms with Gasteiger partial charge in [-0.25, -0.2) is 4.98 Å². The fraction of sp³-hybridized carbons (Fsp3) is 0.615. The predicted octanol–water partition coefficient (Wildman–Crippen LogP) is 3.14. The van der Waals surface area contributed by atoms with E-state index >= 15 is 0 Å². The van der Waals surface area contributed by atoms with Gasteiger partial charge in [-0.1, -0.05) is 6.92 Å². The summed E-state index contributed by atoms with van der Waals surface area (Å²) in [6.07, 6.45) is -3.40. The van der Waals surface area contributed by atoms with Crippen LogP contribution >= 0.6 is 0 Å². The van der Waals surface area contributed by atoms with Gasteiger partial charge >= 0.3 is 6.18 Å². The van der Waals surface area contributed by atoms with E-state index in [0.717, 1.165) is 18.5 Å². The van der Waals surface area contributed by atoms with E-state index in [1.807, 2.05) is 19.9 Å². The number of ether oxygens (including phenoxy) is 1. The minimum Gasteiger partial charge on any atom is -0.468 e. The van der Waals surface area contributed by atoms with Crippen molar-refractivity contribution in [3.05, 3.63) is 22.9 Å². The third-order valence-corrected chi connectivity index (χ3v) is 2.54. The van der Waals surface area contributed by atoms with Gasteiger partial charge < -0.3 is 10.1 Å². The van der Waals surface area contributed by atoms with Crippen molar-refractivity contribution in [3.63, 3.8) is 0 Å². The monoisotopic (exact) mass is 276 g/mol. The van der Waals surface area contributed by atoms with E-state index in [-0.39, 0.29) is 5.88 Å². The Hall–Kier alpha value is -1.30. The quantitative estimate of drug-likeness (QED) is 0.810. The largest absolute Gasteiger partial charge is 0.468 e. The molecule has 1 aromatic rings. The Morgan fingerprint density at radius 2 is 2.00 bits per heavy atom. The third kappa shape index (κ3) is 5.46. The first-order valence-electron chi connectivity index (χ1n) is 6.21. The van der Waals surface area contributed by atoms with Crippen LogP contribution in [0.2, 0.25) is 0 Å². The highest BCUT2D eigenvalue weighted by Gasteiger charge is 2.29. The number of halogens is 3. The summed E-state index contributed by atoms with van der Waals surface area (Å²) in [5, 5.41) is 3.15. The second kappa shape index (κ2) is 6.75. The molecular formula is C13H19F3N2O. The Labute approximate surface area is 111 Å². The highest BCUT2D eigenvalue weighted by Crippen LogP contribution is 2.23. The normalized spacial score (nSPS) is 11.7. The van der Waals surface area contributed by atoms with Crippen molar-refractivity contribution in [3.8, 4) is 5.88 Å². The standard InChI is InChI=1S/C13H19F3N2O/c1-4-5-17-7-11-9(2)6-10(3)18-12(11)19-8-13(14,15)16/h6,17H,4-5,7-8H2,1-3H3. The second-order valence-electron chi connectivity index (χ2n) is 4.44. The summed E-state index contributed by atoms with van der Waals surface area (Å²) in [5.41, 5.74) is 2.21. The van der Waals surface area contributed by atoms with E-state index in [0.29, 0.717) is 17.8 Å². The third-order valence-electron chi connectivity index (χ3n) is 2.54. The molecule has 0 bridgehead atoms. The fourth-order valence-electron chi connectivity index (χ4n) is 1.70. The Bertz CT molecular complexity index is 419. The lowest BCUT2D eigenvalue weighted by Crippen LogP contribution is -2.22. The van der Waals surface area contributed by atoms with Crippen molar-refractivity contribution in [2.45, 2.75) is 39.9 Å². The number of aromatic nitrogens is 1. The lowest BCUT2D eigenvalue weighted by molar-refractivity contribution is -0.154. The SMILES string of the molecule is CCCNCc1c(C)cc(C)nc1OCC(F)(F)F. The minimum absolute atomic E-state index is 0.0680. The maximum Gasteiger partial charge on any atom is 0.422 e. The van der Waals surface area contributed by atoms with Gasteiger partial charge in [-0.05, 0) is 38.4 Å². The highest BCUT2D eigenvalue weighted by atomic mass is 19.4. The molecule has 108 valence electrons. The molecule has 19 heavy (non-hydrogen) atoms. The van der Waals surface area contributed by atoms with Gasteiger partial charge in [-0.2, -0.15) is 13.2 Å². The van der Waals surface area contributed by atoms with Crippen LogP contribution in [0.1, 0.15) is 30.2 Å². The molecule has 0 radical (unpaired) electrons. The van der Waals surface area contributed by atoms with Gasteiger partial charge in [0.1, 0.15) is 0 Å². The molecule has 0 spiro atoms. The molecule has 0 aliphatic rings. The van der Waals surface area contributed by atoms with Crippen molar-refractivity contribution in [1.29, 1.82) is 0 Å². The molecule has 0 saturated heterocycles. The smallest absolute Gasteiger partial charge is 0.422 e. The molecule has 0 aliphatic carbocycles. The molecular weight excluding hydrogens is 257 g/mol. The van der Waals surface area contributed by atoms with Gasteiger partial charge in [0, 0.05) is 17.8 Å². The van der Waals surface area contributed by atoms with E-state index in [9.17, 15) is 13.2 Å². The maximum absolute atomic E-state index is 12.2. The summed E-state index contributed by atoms with van der Waals surface area (Å²) in [6, 6.07) is 1.84. The summed E-state index contributed by atoms with van der Waals surface area (Å²) < 4.78 is 41.5. The molecule has 1 N–H and O–H groups in total. The molecule has 1 aromatic heterocycles. The van der Waals surface area contributed by atoms with Crippen LogP contribution in [-0.4, -0.2) is 24.3 Å². The second-order valence-corrected chi connectivity index (χ2v) is 4.44. The zero-order valence-corrected chi connectivity index (χ0v) is 11.4. The molecule has 0 atom stereocenters. The zero-order valence-electron chi connectivity index (χ0n) is 11.4. The first-order chi connectivity index (χ1) is 8.83. The number of rotatable bonds is 6. The topological polar surface area (TPSA) is 34.2 Å². The minimum atomic E-state index is -4.35. The summed E-state index contributed by atoms with van der Waals surface area (Å²) >= 11 is 0. The van der Waals surface area contributed by atoms with Crippen molar-refractivity contribution >= 4 is 0 Å². The van der Waals surface area contributed by atoms with E-state index in [2.05, 4.69) is 10.3 Å². The zero-order chi connectivity index (χ0) is 14.5. The van der Waals surface area contributed by atoms with Crippen LogP contribution in [0.25, 0.3) is 0 Å². The van der Waals surface area contributed by atoms with Crippen LogP contribution in [-0.2, 0) is 6.54 Å². The fourth-order valence-corrected chi connectivity index (χ4v) is 1.70. The van der Waals surface area contributed by atoms with Crippen LogP contribution in [0.15, 0.2) is 6.07 Å². The number of hydrogen-bond acceptors (Lipinski definition) is 3. The van der Waals surface area contributed by atoms with E-state index in [4.69, 9.17) is 4.74 Å². The molecule has 0 aromatic carbocycles. The predicted molar refractivity (Wildman–Crippen MR) is 67.3 cm³/mol. The lowest BCUT2D eigenvalue weighted by Gasteiger charge is -2.15. The molecule has 0 unspecified atom stereocenters. The van der Waals surface area contributed by atoms with Gasteiger partial charge in [0.25, 0.3) is 0 Å². The van der Waals surface area contributed by atoms with E-state index < -0.39 is 12.8 Å². The van der Waals surface area contributed by atoms with Crippen LogP contribution in [0.4, 0.5) is 13.2 Å². The number of hydrogen-bond donors (Lipinski definition) is 1. The Morgan fingerprint density at radius 3 is 2.58 bits per heavy atom. The van der Waals surface area contributed by atoms with E-state index in [1.54, 1.807) is 6.92 Å². The molecule has 1 rings (SSSR count). The van der Waals surface area contributed by atoms with E-state index in [1.165, 1.54) is 0 Å². The van der Waals surface area contributed by atoms with Gasteiger partial charge in [0.2, 0.25) is 5.88 Å². The molecule has 0 fully saturated rings. The van der Waals surface area contributed by atoms with Crippen molar-refractivity contribution in [1.82, 2.24) is 10.3 Å². The maximum atomic E-state index is 12.2. The molecule has 0 amide bonds. The average Bonchev–Trinajstić information content (AvgIpc) is 2.28. The summed E-state index contributed by atoms with van der Waals surface area (Å²) in [5.74, 6) is 0.0680. The van der Waals surface area contributed by atoms with Gasteiger partial charge in [-0.15, -0.1) is 0 Å². The lowest BCUT2D eigenvalue weighted by atomic mass is 10.1. The summed E-state index contributed by atoms with van der Waals surface area (Å²) in [7, 11) is 0. The van der Waals surface area contributed by atoms with Gasteiger partial charge in [-0.3, -0.25) is 0 Å². The Morgan fingerprint density at radius 1 is 1.32 bits per heavy atom. The number of pyridine rings is 1. The summed E-state index contributed by atoms with van der Waals surface area (Å²) in [6.45, 7) is 5.54. The highest BCUT2D eigenvalue weighted by molar-refractivity contribution is 5.35. The first-order valence-corrected chi connectivity index (χ1v) is 6.21. The number of nitrogens with one attached hydrogen (secondary N) is 1. The van der Waals surface area contributed by atoms with Crippen LogP contribution < -0.4 is 10.1 Å². The van der Waals surface area contributed by atoms with Crippen molar-refractivity contribution < 1.29 is 17.9 Å². The molecule has 3 nitrogen and oxygen atoms in total. The van der Waals surface area contributed by atoms with Crippen molar-refractivity contribution in [2.24, 2.45) is 0 Å². The number of alkyl halides is 3. The summed E-state index contributed by atoms with van der Waals surface area (Å²) in [4.78, 5) is 4.05. The van der Waals surface area contributed by atoms with Crippen LogP contribution in [0, 0.1) is 13.8 Å². The van der Waals surface area contributed by atoms with Gasteiger partial charge in [0.05, 0.1) is 0 Å². The molecule has 0 aliphatic heterocycles. The first kappa shape index (κ1) is 15.8. The molecule has 6 heteroatoms. The molecule has 0 saturated carbocycles. The Kier molecular flexibility index (Phi) is 5.60. The number of nitrogens with zero attached hydrogens (tertiary/aromatic N) is 1. The van der Waals surface area contributed by atoms with Gasteiger partial charge in [0.15, 0.2) is 6.61 Å². The van der Waals surface area contributed by atoms with Crippen molar-refractivity contribution in [2.75, 3.05) is 13.2 Å². The molecule has 1 heterocycles. The Balaban J connectivity index is 2.86. The average molecular weight is 276 g/mol.